The molecule has 0 aliphatic heterocycles. The van der Waals surface area contributed by atoms with Crippen LogP contribution in [0.15, 0.2) is 0 Å². The Labute approximate surface area is 150 Å². The van der Waals surface area contributed by atoms with Gasteiger partial charge in [-0.05, 0) is 50.9 Å². The first kappa shape index (κ1) is 19.7. The molecule has 2 aliphatic carbocycles. The fourth-order valence-corrected chi connectivity index (χ4v) is 4.21. The SMILES string of the molecule is CCCN(CC(=O)O)C(=O)C1CCC(NC(=O)CC2CCCC2)CC1. The van der Waals surface area contributed by atoms with Crippen molar-refractivity contribution in [2.24, 2.45) is 11.8 Å². The number of carboxylic acids is 1. The van der Waals surface area contributed by atoms with Crippen molar-refractivity contribution in [2.75, 3.05) is 13.1 Å². The van der Waals surface area contributed by atoms with Gasteiger partial charge in [-0.1, -0.05) is 19.8 Å². The van der Waals surface area contributed by atoms with E-state index in [0.717, 1.165) is 32.1 Å². The second-order valence-corrected chi connectivity index (χ2v) is 7.62. The van der Waals surface area contributed by atoms with Gasteiger partial charge >= 0.3 is 5.97 Å². The fraction of sp³-hybridized carbons (Fsp3) is 0.842. The van der Waals surface area contributed by atoms with Crippen LogP contribution in [0.2, 0.25) is 0 Å². The molecule has 2 saturated carbocycles. The van der Waals surface area contributed by atoms with E-state index in [1.165, 1.54) is 30.6 Å². The first-order chi connectivity index (χ1) is 12.0. The van der Waals surface area contributed by atoms with Crippen molar-refractivity contribution in [1.29, 1.82) is 0 Å². The smallest absolute Gasteiger partial charge is 0.323 e. The van der Waals surface area contributed by atoms with E-state index in [2.05, 4.69) is 5.32 Å². The molecule has 0 unspecified atom stereocenters. The molecule has 25 heavy (non-hydrogen) atoms. The normalized spacial score (nSPS) is 24.0. The molecule has 142 valence electrons. The molecule has 0 aromatic rings. The fourth-order valence-electron chi connectivity index (χ4n) is 4.21. The summed E-state index contributed by atoms with van der Waals surface area (Å²) in [7, 11) is 0. The molecule has 6 heteroatoms. The molecule has 0 saturated heterocycles. The third-order valence-corrected chi connectivity index (χ3v) is 5.52. The van der Waals surface area contributed by atoms with Gasteiger partial charge in [-0.25, -0.2) is 0 Å². The summed E-state index contributed by atoms with van der Waals surface area (Å²) in [4.78, 5) is 37.1. The molecule has 6 nitrogen and oxygen atoms in total. The Morgan fingerprint density at radius 3 is 2.24 bits per heavy atom. The van der Waals surface area contributed by atoms with Crippen LogP contribution in [0.1, 0.15) is 71.1 Å². The molecule has 0 bridgehead atoms. The number of aliphatic carboxylic acids is 1. The Morgan fingerprint density at radius 1 is 1.04 bits per heavy atom. The number of hydrogen-bond acceptors (Lipinski definition) is 3. The standard InChI is InChI=1S/C19H32N2O4/c1-2-11-21(13-18(23)24)19(25)15-7-9-16(10-8-15)20-17(22)12-14-5-3-4-6-14/h14-16H,2-13H2,1H3,(H,20,22)(H,23,24). The van der Waals surface area contributed by atoms with Gasteiger partial charge in [0.15, 0.2) is 0 Å². The zero-order valence-corrected chi connectivity index (χ0v) is 15.3. The van der Waals surface area contributed by atoms with E-state index < -0.39 is 5.97 Å². The molecule has 0 aromatic carbocycles. The van der Waals surface area contributed by atoms with Crippen LogP contribution in [0.25, 0.3) is 0 Å². The lowest BCUT2D eigenvalue weighted by Gasteiger charge is -2.32. The molecule has 2 amide bonds. The van der Waals surface area contributed by atoms with Gasteiger partial charge in [0.05, 0.1) is 0 Å². The predicted octanol–water partition coefficient (Wildman–Crippen LogP) is 2.56. The lowest BCUT2D eigenvalue weighted by molar-refractivity contribution is -0.147. The third kappa shape index (κ3) is 6.33. The van der Waals surface area contributed by atoms with Crippen molar-refractivity contribution in [2.45, 2.75) is 77.2 Å². The average molecular weight is 352 g/mol. The molecule has 0 atom stereocenters. The van der Waals surface area contributed by atoms with Gasteiger partial charge in [-0.15, -0.1) is 0 Å². The minimum absolute atomic E-state index is 0.0417. The number of nitrogens with one attached hydrogen (secondary N) is 1. The highest BCUT2D eigenvalue weighted by Crippen LogP contribution is 2.29. The van der Waals surface area contributed by atoms with Crippen LogP contribution in [0.4, 0.5) is 0 Å². The Kier molecular flexibility index (Phi) is 7.72. The minimum Gasteiger partial charge on any atom is -0.480 e. The summed E-state index contributed by atoms with van der Waals surface area (Å²) in [5, 5.41) is 12.1. The number of amides is 2. The zero-order valence-electron chi connectivity index (χ0n) is 15.3. The van der Waals surface area contributed by atoms with Crippen LogP contribution in [0.5, 0.6) is 0 Å². The maximum atomic E-state index is 12.6. The molecular weight excluding hydrogens is 320 g/mol. The summed E-state index contributed by atoms with van der Waals surface area (Å²) in [6.07, 6.45) is 9.30. The van der Waals surface area contributed by atoms with Crippen molar-refractivity contribution >= 4 is 17.8 Å². The summed E-state index contributed by atoms with van der Waals surface area (Å²) in [5.41, 5.74) is 0. The molecule has 0 radical (unpaired) electrons. The van der Waals surface area contributed by atoms with E-state index >= 15 is 0 Å². The number of carbonyl (C=O) groups excluding carboxylic acids is 2. The van der Waals surface area contributed by atoms with Crippen LogP contribution in [-0.2, 0) is 14.4 Å². The lowest BCUT2D eigenvalue weighted by atomic mass is 9.85. The van der Waals surface area contributed by atoms with Gasteiger partial charge in [0, 0.05) is 24.9 Å². The van der Waals surface area contributed by atoms with Crippen LogP contribution >= 0.6 is 0 Å². The summed E-state index contributed by atoms with van der Waals surface area (Å²) in [6.45, 7) is 2.22. The lowest BCUT2D eigenvalue weighted by Crippen LogP contribution is -2.44. The first-order valence-electron chi connectivity index (χ1n) is 9.79. The van der Waals surface area contributed by atoms with Crippen LogP contribution < -0.4 is 5.32 Å². The summed E-state index contributed by atoms with van der Waals surface area (Å²) in [5.74, 6) is -0.403. The van der Waals surface area contributed by atoms with Gasteiger partial charge in [0.25, 0.3) is 0 Å². The third-order valence-electron chi connectivity index (χ3n) is 5.52. The maximum Gasteiger partial charge on any atom is 0.323 e. The summed E-state index contributed by atoms with van der Waals surface area (Å²) >= 11 is 0. The molecule has 2 rings (SSSR count). The number of carboxylic acid groups (broad SMARTS) is 1. The highest BCUT2D eigenvalue weighted by Gasteiger charge is 2.31. The van der Waals surface area contributed by atoms with E-state index in [-0.39, 0.29) is 30.3 Å². The zero-order chi connectivity index (χ0) is 18.2. The van der Waals surface area contributed by atoms with Crippen molar-refractivity contribution < 1.29 is 19.5 Å². The predicted molar refractivity (Wildman–Crippen MR) is 95.0 cm³/mol. The molecule has 0 aromatic heterocycles. The van der Waals surface area contributed by atoms with Crippen LogP contribution in [0, 0.1) is 11.8 Å². The van der Waals surface area contributed by atoms with Crippen molar-refractivity contribution in [3.05, 3.63) is 0 Å². The molecule has 0 spiro atoms. The molecule has 2 fully saturated rings. The first-order valence-corrected chi connectivity index (χ1v) is 9.79. The van der Waals surface area contributed by atoms with Gasteiger partial charge < -0.3 is 15.3 Å². The highest BCUT2D eigenvalue weighted by molar-refractivity contribution is 5.83. The molecular formula is C19H32N2O4. The number of hydrogen-bond donors (Lipinski definition) is 2. The van der Waals surface area contributed by atoms with Crippen molar-refractivity contribution in [3.63, 3.8) is 0 Å². The van der Waals surface area contributed by atoms with Gasteiger partial charge in [0.2, 0.25) is 11.8 Å². The minimum atomic E-state index is -0.963. The second-order valence-electron chi connectivity index (χ2n) is 7.62. The quantitative estimate of drug-likeness (QED) is 0.703. The summed E-state index contributed by atoms with van der Waals surface area (Å²) in [6, 6.07) is 0.164. The van der Waals surface area contributed by atoms with E-state index in [9.17, 15) is 14.4 Å². The topological polar surface area (TPSA) is 86.7 Å². The molecule has 2 aliphatic rings. The number of rotatable bonds is 8. The van der Waals surface area contributed by atoms with E-state index in [0.29, 0.717) is 18.9 Å². The Balaban J connectivity index is 1.74. The van der Waals surface area contributed by atoms with Gasteiger partial charge in [-0.2, -0.15) is 0 Å². The van der Waals surface area contributed by atoms with Crippen molar-refractivity contribution in [1.82, 2.24) is 10.2 Å². The highest BCUT2D eigenvalue weighted by atomic mass is 16.4. The maximum absolute atomic E-state index is 12.6. The largest absolute Gasteiger partial charge is 0.480 e. The van der Waals surface area contributed by atoms with Gasteiger partial charge in [0.1, 0.15) is 6.54 Å². The molecule has 0 heterocycles. The number of nitrogens with zero attached hydrogens (tertiary/aromatic N) is 1. The van der Waals surface area contributed by atoms with Crippen LogP contribution in [0.3, 0.4) is 0 Å². The van der Waals surface area contributed by atoms with E-state index in [1.54, 1.807) is 0 Å². The van der Waals surface area contributed by atoms with Crippen molar-refractivity contribution in [3.8, 4) is 0 Å². The summed E-state index contributed by atoms with van der Waals surface area (Å²) < 4.78 is 0. The van der Waals surface area contributed by atoms with E-state index in [1.807, 2.05) is 6.92 Å². The Hall–Kier alpha value is -1.59. The Bertz CT molecular complexity index is 466. The second kappa shape index (κ2) is 9.78. The average Bonchev–Trinajstić information content (AvgIpc) is 3.07. The van der Waals surface area contributed by atoms with Crippen LogP contribution in [-0.4, -0.2) is 46.9 Å². The Morgan fingerprint density at radius 2 is 1.68 bits per heavy atom. The number of carbonyl (C=O) groups is 3. The van der Waals surface area contributed by atoms with Gasteiger partial charge in [-0.3, -0.25) is 14.4 Å². The monoisotopic (exact) mass is 352 g/mol. The van der Waals surface area contributed by atoms with E-state index in [4.69, 9.17) is 5.11 Å². The molecule has 2 N–H and O–H groups in total.